The molecule has 0 radical (unpaired) electrons. The van der Waals surface area contributed by atoms with E-state index in [4.69, 9.17) is 14.6 Å². The molecule has 0 saturated heterocycles. The van der Waals surface area contributed by atoms with Crippen LogP contribution in [-0.2, 0) is 23.9 Å². The predicted molar refractivity (Wildman–Crippen MR) is 67.4 cm³/mol. The van der Waals surface area contributed by atoms with Gasteiger partial charge in [-0.05, 0) is 18.8 Å². The van der Waals surface area contributed by atoms with Gasteiger partial charge in [0.2, 0.25) is 0 Å². The molecule has 0 fully saturated rings. The molecule has 0 saturated carbocycles. The summed E-state index contributed by atoms with van der Waals surface area (Å²) in [5.74, 6) is -1.94. The fourth-order valence-electron chi connectivity index (χ4n) is 1.28. The predicted octanol–water partition coefficient (Wildman–Crippen LogP) is 1.54. The number of hydrogen-bond acceptors (Lipinski definition) is 5. The lowest BCUT2D eigenvalue weighted by atomic mass is 10.0. The third-order valence-corrected chi connectivity index (χ3v) is 2.54. The standard InChI is InChI=1S/C13H20O6/c1-3-10(7-8-18-12(16)4-2)9-19-13(17)6-5-11(14)15/h4,10H,2-3,5-9H2,1H3,(H,14,15). The third kappa shape index (κ3) is 9.82. The average molecular weight is 272 g/mol. The zero-order valence-corrected chi connectivity index (χ0v) is 11.1. The second-order valence-corrected chi connectivity index (χ2v) is 4.01. The van der Waals surface area contributed by atoms with Gasteiger partial charge in [-0.2, -0.15) is 0 Å². The Hall–Kier alpha value is -1.85. The molecule has 1 atom stereocenters. The summed E-state index contributed by atoms with van der Waals surface area (Å²) >= 11 is 0. The van der Waals surface area contributed by atoms with Crippen molar-refractivity contribution in [3.63, 3.8) is 0 Å². The topological polar surface area (TPSA) is 89.9 Å². The van der Waals surface area contributed by atoms with Gasteiger partial charge >= 0.3 is 17.9 Å². The summed E-state index contributed by atoms with van der Waals surface area (Å²) in [6, 6.07) is 0. The molecule has 0 aromatic carbocycles. The molecule has 0 aliphatic carbocycles. The number of aliphatic carboxylic acids is 1. The Morgan fingerprint density at radius 3 is 2.47 bits per heavy atom. The highest BCUT2D eigenvalue weighted by Gasteiger charge is 2.12. The molecule has 0 amide bonds. The first-order chi connectivity index (χ1) is 8.99. The van der Waals surface area contributed by atoms with E-state index in [2.05, 4.69) is 6.58 Å². The van der Waals surface area contributed by atoms with E-state index in [0.717, 1.165) is 12.5 Å². The Balaban J connectivity index is 3.80. The highest BCUT2D eigenvalue weighted by atomic mass is 16.5. The lowest BCUT2D eigenvalue weighted by Crippen LogP contribution is -2.16. The van der Waals surface area contributed by atoms with Crippen molar-refractivity contribution in [2.24, 2.45) is 5.92 Å². The third-order valence-electron chi connectivity index (χ3n) is 2.54. The van der Waals surface area contributed by atoms with Gasteiger partial charge in [0.25, 0.3) is 0 Å². The van der Waals surface area contributed by atoms with Crippen molar-refractivity contribution in [2.75, 3.05) is 13.2 Å². The number of esters is 2. The Kier molecular flexibility index (Phi) is 9.12. The van der Waals surface area contributed by atoms with E-state index in [9.17, 15) is 14.4 Å². The van der Waals surface area contributed by atoms with Crippen LogP contribution in [0.15, 0.2) is 12.7 Å². The Morgan fingerprint density at radius 2 is 1.95 bits per heavy atom. The zero-order chi connectivity index (χ0) is 14.7. The zero-order valence-electron chi connectivity index (χ0n) is 11.1. The van der Waals surface area contributed by atoms with Crippen LogP contribution in [0.25, 0.3) is 0 Å². The Bertz CT molecular complexity index is 323. The Morgan fingerprint density at radius 1 is 1.26 bits per heavy atom. The molecule has 0 aromatic heterocycles. The van der Waals surface area contributed by atoms with Gasteiger partial charge in [-0.15, -0.1) is 0 Å². The molecule has 0 rings (SSSR count). The van der Waals surface area contributed by atoms with Crippen molar-refractivity contribution in [1.29, 1.82) is 0 Å². The molecule has 0 bridgehead atoms. The van der Waals surface area contributed by atoms with E-state index in [0.29, 0.717) is 6.42 Å². The summed E-state index contributed by atoms with van der Waals surface area (Å²) in [7, 11) is 0. The maximum Gasteiger partial charge on any atom is 0.330 e. The van der Waals surface area contributed by atoms with Gasteiger partial charge in [0.15, 0.2) is 0 Å². The number of carbonyl (C=O) groups excluding carboxylic acids is 2. The quantitative estimate of drug-likeness (QED) is 0.479. The van der Waals surface area contributed by atoms with Gasteiger partial charge < -0.3 is 14.6 Å². The molecule has 108 valence electrons. The lowest BCUT2D eigenvalue weighted by Gasteiger charge is -2.14. The summed E-state index contributed by atoms with van der Waals surface area (Å²) in [5.41, 5.74) is 0. The number of carboxylic acids is 1. The van der Waals surface area contributed by atoms with E-state index in [1.54, 1.807) is 0 Å². The van der Waals surface area contributed by atoms with Crippen LogP contribution in [-0.4, -0.2) is 36.2 Å². The second-order valence-electron chi connectivity index (χ2n) is 4.01. The minimum Gasteiger partial charge on any atom is -0.481 e. The van der Waals surface area contributed by atoms with Crippen LogP contribution in [0.4, 0.5) is 0 Å². The molecule has 6 nitrogen and oxygen atoms in total. The minimum absolute atomic E-state index is 0.0893. The highest BCUT2D eigenvalue weighted by Crippen LogP contribution is 2.10. The first-order valence-electron chi connectivity index (χ1n) is 6.16. The fourth-order valence-corrected chi connectivity index (χ4v) is 1.28. The van der Waals surface area contributed by atoms with Crippen molar-refractivity contribution in [2.45, 2.75) is 32.6 Å². The largest absolute Gasteiger partial charge is 0.481 e. The summed E-state index contributed by atoms with van der Waals surface area (Å²) in [4.78, 5) is 32.3. The highest BCUT2D eigenvalue weighted by molar-refractivity contribution is 5.81. The van der Waals surface area contributed by atoms with Gasteiger partial charge in [-0.1, -0.05) is 13.5 Å². The monoisotopic (exact) mass is 272 g/mol. The van der Waals surface area contributed by atoms with Crippen LogP contribution in [0.5, 0.6) is 0 Å². The molecule has 0 spiro atoms. The van der Waals surface area contributed by atoms with E-state index in [-0.39, 0.29) is 32.0 Å². The van der Waals surface area contributed by atoms with Gasteiger partial charge in [0.1, 0.15) is 0 Å². The molecule has 0 aromatic rings. The van der Waals surface area contributed by atoms with Crippen molar-refractivity contribution in [1.82, 2.24) is 0 Å². The van der Waals surface area contributed by atoms with Crippen LogP contribution in [0.2, 0.25) is 0 Å². The molecule has 6 heteroatoms. The number of hydrogen-bond donors (Lipinski definition) is 1. The van der Waals surface area contributed by atoms with Gasteiger partial charge in [-0.25, -0.2) is 4.79 Å². The Labute approximate surface area is 112 Å². The number of rotatable bonds is 10. The van der Waals surface area contributed by atoms with Gasteiger partial charge in [-0.3, -0.25) is 9.59 Å². The number of carbonyl (C=O) groups is 3. The van der Waals surface area contributed by atoms with E-state index in [1.165, 1.54) is 0 Å². The molecular formula is C13H20O6. The molecule has 1 unspecified atom stereocenters. The average Bonchev–Trinajstić information content (AvgIpc) is 2.39. The van der Waals surface area contributed by atoms with Crippen molar-refractivity contribution in [3.05, 3.63) is 12.7 Å². The molecule has 0 heterocycles. The normalized spacial score (nSPS) is 11.4. The molecule has 0 aliphatic rings. The van der Waals surface area contributed by atoms with Gasteiger partial charge in [0.05, 0.1) is 26.1 Å². The summed E-state index contributed by atoms with van der Waals surface area (Å²) in [6.07, 6.45) is 2.09. The maximum atomic E-state index is 11.2. The maximum absolute atomic E-state index is 11.2. The van der Waals surface area contributed by atoms with E-state index >= 15 is 0 Å². The molecule has 0 aliphatic heterocycles. The SMILES string of the molecule is C=CC(=O)OCCC(CC)COC(=O)CCC(=O)O. The van der Waals surface area contributed by atoms with E-state index < -0.39 is 17.9 Å². The molecular weight excluding hydrogens is 252 g/mol. The van der Waals surface area contributed by atoms with Crippen LogP contribution in [0.3, 0.4) is 0 Å². The minimum atomic E-state index is -1.03. The molecule has 19 heavy (non-hydrogen) atoms. The van der Waals surface area contributed by atoms with Crippen molar-refractivity contribution >= 4 is 17.9 Å². The van der Waals surface area contributed by atoms with Crippen molar-refractivity contribution in [3.8, 4) is 0 Å². The van der Waals surface area contributed by atoms with Crippen molar-refractivity contribution < 1.29 is 29.0 Å². The first kappa shape index (κ1) is 17.2. The van der Waals surface area contributed by atoms with Crippen LogP contribution in [0.1, 0.15) is 32.6 Å². The number of ether oxygens (including phenoxy) is 2. The fraction of sp³-hybridized carbons (Fsp3) is 0.615. The lowest BCUT2D eigenvalue weighted by molar-refractivity contribution is -0.149. The van der Waals surface area contributed by atoms with Gasteiger partial charge in [0, 0.05) is 6.08 Å². The summed E-state index contributed by atoms with van der Waals surface area (Å²) in [5, 5.41) is 8.41. The van der Waals surface area contributed by atoms with E-state index in [1.807, 2.05) is 6.92 Å². The number of carboxylic acid groups (broad SMARTS) is 1. The van der Waals surface area contributed by atoms with Crippen LogP contribution in [0, 0.1) is 5.92 Å². The summed E-state index contributed by atoms with van der Waals surface area (Å²) < 4.78 is 9.80. The summed E-state index contributed by atoms with van der Waals surface area (Å²) in [6.45, 7) is 5.67. The first-order valence-corrected chi connectivity index (χ1v) is 6.16. The second kappa shape index (κ2) is 10.1. The van der Waals surface area contributed by atoms with Crippen LogP contribution < -0.4 is 0 Å². The van der Waals surface area contributed by atoms with Crippen LogP contribution >= 0.6 is 0 Å². The smallest absolute Gasteiger partial charge is 0.330 e. The molecule has 1 N–H and O–H groups in total.